The van der Waals surface area contributed by atoms with Gasteiger partial charge < -0.3 is 34.3 Å². The highest BCUT2D eigenvalue weighted by Gasteiger charge is 2.46. The van der Waals surface area contributed by atoms with Gasteiger partial charge in [-0.15, -0.1) is 0 Å². The molecule has 0 saturated carbocycles. The molecule has 0 aliphatic carbocycles. The molecule has 0 aromatic rings. The number of hydrogen-bond acceptors (Lipinski definition) is 11. The maximum Gasteiger partial charge on any atom is 0.306 e. The summed E-state index contributed by atoms with van der Waals surface area (Å²) in [6.07, 6.45) is 41.3. The first kappa shape index (κ1) is 59.4. The molecule has 6 atom stereocenters. The van der Waals surface area contributed by atoms with Gasteiger partial charge in [0.25, 0.3) is 10.1 Å². The zero-order chi connectivity index (χ0) is 46.9. The van der Waals surface area contributed by atoms with Gasteiger partial charge in [-0.25, -0.2) is 0 Å². The second kappa shape index (κ2) is 40.6. The highest BCUT2D eigenvalue weighted by atomic mass is 32.2. The highest BCUT2D eigenvalue weighted by Crippen LogP contribution is 2.24. The minimum absolute atomic E-state index is 0.110. The SMILES string of the molecule is CC/C=C\C/C=C\C/C=C\C/C=C\CCCCC(=O)OC(COC(=O)CCCCCCCCCCC/C=C\CCCCCCCCCC)COC1OC(CS(=O)(=O)O)C(O)C(O)C1O. The van der Waals surface area contributed by atoms with E-state index in [9.17, 15) is 37.9 Å². The summed E-state index contributed by atoms with van der Waals surface area (Å²) in [5, 5.41) is 30.9. The molecule has 0 aromatic heterocycles. The van der Waals surface area contributed by atoms with Gasteiger partial charge in [0.2, 0.25) is 0 Å². The smallest absolute Gasteiger partial charge is 0.306 e. The summed E-state index contributed by atoms with van der Waals surface area (Å²) in [4.78, 5) is 25.5. The van der Waals surface area contributed by atoms with Gasteiger partial charge in [0, 0.05) is 12.8 Å². The van der Waals surface area contributed by atoms with Crippen LogP contribution in [0, 0.1) is 0 Å². The second-order valence-corrected chi connectivity index (χ2v) is 18.6. The van der Waals surface area contributed by atoms with E-state index in [4.69, 9.17) is 18.9 Å². The van der Waals surface area contributed by atoms with Crippen LogP contribution in [0.4, 0.5) is 0 Å². The largest absolute Gasteiger partial charge is 0.462 e. The summed E-state index contributed by atoms with van der Waals surface area (Å²) in [6, 6.07) is 0. The van der Waals surface area contributed by atoms with Crippen LogP contribution in [0.25, 0.3) is 0 Å². The highest BCUT2D eigenvalue weighted by molar-refractivity contribution is 7.85. The van der Waals surface area contributed by atoms with Crippen molar-refractivity contribution in [3.8, 4) is 0 Å². The van der Waals surface area contributed by atoms with E-state index in [-0.39, 0.29) is 19.4 Å². The quantitative estimate of drug-likeness (QED) is 0.0197. The fourth-order valence-electron chi connectivity index (χ4n) is 7.25. The molecule has 0 amide bonds. The Bertz CT molecular complexity index is 1410. The number of ether oxygens (including phenoxy) is 4. The van der Waals surface area contributed by atoms with Crippen LogP contribution in [-0.4, -0.2) is 96.0 Å². The molecular weight excluding hydrogens is 837 g/mol. The number of aliphatic hydroxyl groups is 3. The number of aliphatic hydroxyl groups excluding tert-OH is 3. The molecule has 13 heteroatoms. The van der Waals surface area contributed by atoms with E-state index in [0.717, 1.165) is 57.8 Å². The van der Waals surface area contributed by atoms with Crippen molar-refractivity contribution in [1.29, 1.82) is 0 Å². The van der Waals surface area contributed by atoms with Crippen molar-refractivity contribution in [2.45, 2.75) is 230 Å². The van der Waals surface area contributed by atoms with Crippen LogP contribution in [0.3, 0.4) is 0 Å². The van der Waals surface area contributed by atoms with Crippen molar-refractivity contribution in [1.82, 2.24) is 0 Å². The molecule has 0 aromatic carbocycles. The molecule has 1 aliphatic heterocycles. The molecule has 370 valence electrons. The average Bonchev–Trinajstić information content (AvgIpc) is 3.26. The van der Waals surface area contributed by atoms with Crippen LogP contribution in [-0.2, 0) is 38.7 Å². The van der Waals surface area contributed by atoms with Crippen molar-refractivity contribution in [2.24, 2.45) is 0 Å². The van der Waals surface area contributed by atoms with E-state index in [1.807, 2.05) is 0 Å². The monoisotopic (exact) mass is 925 g/mol. The first-order chi connectivity index (χ1) is 31.0. The Morgan fingerprint density at radius 1 is 0.547 bits per heavy atom. The first-order valence-corrected chi connectivity index (χ1v) is 26.5. The number of rotatable bonds is 41. The molecular formula is C51H88O12S. The van der Waals surface area contributed by atoms with Gasteiger partial charge in [-0.1, -0.05) is 164 Å². The molecule has 12 nitrogen and oxygen atoms in total. The summed E-state index contributed by atoms with van der Waals surface area (Å²) in [5.41, 5.74) is 0. The molecule has 0 radical (unpaired) electrons. The normalized spacial score (nSPS) is 20.1. The topological polar surface area (TPSA) is 186 Å². The van der Waals surface area contributed by atoms with Gasteiger partial charge in [0.05, 0.1) is 6.61 Å². The van der Waals surface area contributed by atoms with Gasteiger partial charge in [-0.2, -0.15) is 8.42 Å². The third-order valence-electron chi connectivity index (χ3n) is 11.1. The lowest BCUT2D eigenvalue weighted by Crippen LogP contribution is -2.60. The van der Waals surface area contributed by atoms with E-state index < -0.39 is 71.2 Å². The minimum atomic E-state index is -4.61. The van der Waals surface area contributed by atoms with Crippen LogP contribution in [0.5, 0.6) is 0 Å². The van der Waals surface area contributed by atoms with Gasteiger partial charge in [0.15, 0.2) is 12.4 Å². The predicted molar refractivity (Wildman–Crippen MR) is 256 cm³/mol. The molecule has 1 heterocycles. The predicted octanol–water partition coefficient (Wildman–Crippen LogP) is 10.9. The summed E-state index contributed by atoms with van der Waals surface area (Å²) in [6.45, 7) is 3.62. The molecule has 64 heavy (non-hydrogen) atoms. The molecule has 0 bridgehead atoms. The Morgan fingerprint density at radius 2 is 0.984 bits per heavy atom. The van der Waals surface area contributed by atoms with Gasteiger partial charge >= 0.3 is 11.9 Å². The molecule has 1 saturated heterocycles. The van der Waals surface area contributed by atoms with Crippen molar-refractivity contribution < 1.29 is 56.8 Å². The van der Waals surface area contributed by atoms with Crippen molar-refractivity contribution >= 4 is 22.1 Å². The van der Waals surface area contributed by atoms with Crippen LogP contribution < -0.4 is 0 Å². The fraction of sp³-hybridized carbons (Fsp3) is 0.765. The summed E-state index contributed by atoms with van der Waals surface area (Å²) in [7, 11) is -4.61. The molecule has 0 spiro atoms. The number of hydrogen-bond donors (Lipinski definition) is 4. The Morgan fingerprint density at radius 3 is 1.52 bits per heavy atom. The van der Waals surface area contributed by atoms with Gasteiger partial charge in [0.1, 0.15) is 36.8 Å². The van der Waals surface area contributed by atoms with Crippen LogP contribution in [0.2, 0.25) is 0 Å². The minimum Gasteiger partial charge on any atom is -0.462 e. The zero-order valence-corrected chi connectivity index (χ0v) is 40.4. The number of esters is 2. The van der Waals surface area contributed by atoms with E-state index in [1.165, 1.54) is 96.3 Å². The van der Waals surface area contributed by atoms with Crippen LogP contribution >= 0.6 is 0 Å². The zero-order valence-electron chi connectivity index (χ0n) is 39.6. The number of carbonyl (C=O) groups is 2. The third kappa shape index (κ3) is 34.7. The summed E-state index contributed by atoms with van der Waals surface area (Å²) < 4.78 is 54.1. The van der Waals surface area contributed by atoms with Crippen molar-refractivity contribution in [2.75, 3.05) is 19.0 Å². The standard InChI is InChI=1S/C51H88O12S/c1-3-5-7-9-11-13-15-17-19-20-21-22-23-24-26-27-29-31-33-35-37-39-46(52)60-41-44(42-61-51-50(56)49(55)48(54)45(63-51)43-64(57,58)59)62-47(53)40-38-36-34-32-30-28-25-18-16-14-12-10-8-6-4-2/h6,8,12,14,18,20-21,25,30,32,44-45,48-51,54-56H,3-5,7,9-11,13,15-17,19,22-24,26-29,31,33-43H2,1-2H3,(H,57,58,59)/b8-6-,14-12-,21-20-,25-18-,32-30-. The van der Waals surface area contributed by atoms with Gasteiger partial charge in [-0.3, -0.25) is 14.1 Å². The van der Waals surface area contributed by atoms with Gasteiger partial charge in [-0.05, 0) is 77.0 Å². The van der Waals surface area contributed by atoms with E-state index in [0.29, 0.717) is 12.8 Å². The lowest BCUT2D eigenvalue weighted by atomic mass is 10.00. The number of allylic oxidation sites excluding steroid dienone is 10. The van der Waals surface area contributed by atoms with Crippen molar-refractivity contribution in [3.63, 3.8) is 0 Å². The molecule has 1 rings (SSSR count). The maximum atomic E-state index is 12.8. The molecule has 4 N–H and O–H groups in total. The second-order valence-electron chi connectivity index (χ2n) is 17.1. The summed E-state index contributed by atoms with van der Waals surface area (Å²) in [5.74, 6) is -2.04. The van der Waals surface area contributed by atoms with E-state index in [1.54, 1.807) is 0 Å². The van der Waals surface area contributed by atoms with Crippen LogP contribution in [0.15, 0.2) is 60.8 Å². The van der Waals surface area contributed by atoms with E-state index in [2.05, 4.69) is 74.6 Å². The number of carbonyl (C=O) groups excluding carboxylic acids is 2. The Kier molecular flexibility index (Phi) is 37.7. The van der Waals surface area contributed by atoms with Crippen LogP contribution in [0.1, 0.15) is 194 Å². The third-order valence-corrected chi connectivity index (χ3v) is 11.8. The Balaban J connectivity index is 2.40. The Labute approximate surface area is 387 Å². The lowest BCUT2D eigenvalue weighted by Gasteiger charge is -2.40. The van der Waals surface area contributed by atoms with Crippen molar-refractivity contribution in [3.05, 3.63) is 60.8 Å². The fourth-order valence-corrected chi connectivity index (χ4v) is 7.94. The Hall–Kier alpha value is -2.65. The van der Waals surface area contributed by atoms with E-state index >= 15 is 0 Å². The lowest BCUT2D eigenvalue weighted by molar-refractivity contribution is -0.297. The molecule has 1 aliphatic rings. The average molecular weight is 925 g/mol. The maximum absolute atomic E-state index is 12.8. The molecule has 6 unspecified atom stereocenters. The molecule has 1 fully saturated rings. The summed E-state index contributed by atoms with van der Waals surface area (Å²) >= 11 is 0. The first-order valence-electron chi connectivity index (χ1n) is 24.8. The number of unbranched alkanes of at least 4 members (excludes halogenated alkanes) is 19.